The van der Waals surface area contributed by atoms with Gasteiger partial charge in [0.1, 0.15) is 11.6 Å². The molecule has 0 radical (unpaired) electrons. The van der Waals surface area contributed by atoms with Gasteiger partial charge in [0, 0.05) is 18.4 Å². The zero-order chi connectivity index (χ0) is 18.3. The summed E-state index contributed by atoms with van der Waals surface area (Å²) in [5.41, 5.74) is 2.34. The highest BCUT2D eigenvalue weighted by atomic mass is 19.1. The van der Waals surface area contributed by atoms with Crippen molar-refractivity contribution in [2.24, 2.45) is 5.92 Å². The predicted molar refractivity (Wildman–Crippen MR) is 96.1 cm³/mol. The lowest BCUT2D eigenvalue weighted by Crippen LogP contribution is -2.34. The average molecular weight is 358 g/mol. The Bertz CT molecular complexity index is 789. The van der Waals surface area contributed by atoms with Gasteiger partial charge in [0.15, 0.2) is 0 Å². The molecular weight excluding hydrogens is 334 g/mol. The number of hydrogen-bond acceptors (Lipinski definition) is 2. The fraction of sp³-hybridized carbons (Fsp3) is 0.455. The van der Waals surface area contributed by atoms with Gasteiger partial charge in [-0.1, -0.05) is 29.8 Å². The van der Waals surface area contributed by atoms with Crippen molar-refractivity contribution in [2.75, 3.05) is 13.2 Å². The summed E-state index contributed by atoms with van der Waals surface area (Å²) in [5.74, 6) is -0.354. The molecule has 2 fully saturated rings. The van der Waals surface area contributed by atoms with E-state index in [1.54, 1.807) is 18.2 Å². The highest BCUT2D eigenvalue weighted by Crippen LogP contribution is 2.56. The van der Waals surface area contributed by atoms with E-state index in [-0.39, 0.29) is 36.0 Å². The van der Waals surface area contributed by atoms with Crippen molar-refractivity contribution in [2.45, 2.75) is 43.6 Å². The SMILES string of the molecule is Cc1ccc(F)c([C@H]2CO[C@]3(CC[C@H](CO)[C@H]3c3ccc(F)cc3)C2)c1. The molecule has 2 aromatic carbocycles. The van der Waals surface area contributed by atoms with Crippen LogP contribution in [0.2, 0.25) is 0 Å². The van der Waals surface area contributed by atoms with E-state index in [1.165, 1.54) is 18.2 Å². The second-order valence-corrected chi connectivity index (χ2v) is 7.81. The normalized spacial score (nSPS) is 31.0. The molecule has 1 N–H and O–H groups in total. The predicted octanol–water partition coefficient (Wildman–Crippen LogP) is 4.70. The van der Waals surface area contributed by atoms with E-state index in [4.69, 9.17) is 4.74 Å². The van der Waals surface area contributed by atoms with Gasteiger partial charge in [0.2, 0.25) is 0 Å². The molecule has 1 aliphatic heterocycles. The molecule has 4 atom stereocenters. The Morgan fingerprint density at radius 2 is 1.92 bits per heavy atom. The van der Waals surface area contributed by atoms with Gasteiger partial charge in [-0.2, -0.15) is 0 Å². The minimum atomic E-state index is -0.411. The van der Waals surface area contributed by atoms with Crippen LogP contribution in [0.4, 0.5) is 8.78 Å². The number of benzene rings is 2. The van der Waals surface area contributed by atoms with Gasteiger partial charge in [-0.25, -0.2) is 8.78 Å². The number of aryl methyl sites for hydroxylation is 1. The molecule has 138 valence electrons. The summed E-state index contributed by atoms with van der Waals surface area (Å²) in [6.45, 7) is 2.53. The van der Waals surface area contributed by atoms with Crippen LogP contribution in [0.3, 0.4) is 0 Å². The molecule has 1 heterocycles. The Morgan fingerprint density at radius 3 is 2.65 bits per heavy atom. The van der Waals surface area contributed by atoms with Gasteiger partial charge >= 0.3 is 0 Å². The van der Waals surface area contributed by atoms with E-state index in [2.05, 4.69) is 0 Å². The maximum atomic E-state index is 14.4. The van der Waals surface area contributed by atoms with Crippen LogP contribution in [0.1, 0.15) is 47.8 Å². The topological polar surface area (TPSA) is 29.5 Å². The molecule has 1 aliphatic carbocycles. The Kier molecular flexibility index (Phi) is 4.57. The molecule has 4 rings (SSSR count). The van der Waals surface area contributed by atoms with Crippen LogP contribution < -0.4 is 0 Å². The molecule has 2 nitrogen and oxygen atoms in total. The average Bonchev–Trinajstić information content (AvgIpc) is 3.22. The molecule has 4 heteroatoms. The number of aliphatic hydroxyl groups is 1. The van der Waals surface area contributed by atoms with Crippen molar-refractivity contribution >= 4 is 0 Å². The fourth-order valence-corrected chi connectivity index (χ4v) is 4.99. The largest absolute Gasteiger partial charge is 0.396 e. The summed E-state index contributed by atoms with van der Waals surface area (Å²) in [6.07, 6.45) is 2.43. The third kappa shape index (κ3) is 2.95. The van der Waals surface area contributed by atoms with E-state index in [1.807, 2.05) is 13.0 Å². The Morgan fingerprint density at radius 1 is 1.15 bits per heavy atom. The molecular formula is C22H24F2O2. The van der Waals surface area contributed by atoms with Gasteiger partial charge in [-0.05, 0) is 61.4 Å². The first-order chi connectivity index (χ1) is 12.5. The van der Waals surface area contributed by atoms with Crippen LogP contribution in [-0.4, -0.2) is 23.9 Å². The van der Waals surface area contributed by atoms with Gasteiger partial charge in [0.25, 0.3) is 0 Å². The molecule has 2 aliphatic rings. The van der Waals surface area contributed by atoms with E-state index in [9.17, 15) is 13.9 Å². The second kappa shape index (κ2) is 6.75. The molecule has 2 aromatic rings. The van der Waals surface area contributed by atoms with Crippen molar-refractivity contribution in [3.8, 4) is 0 Å². The number of ether oxygens (including phenoxy) is 1. The molecule has 1 spiro atoms. The van der Waals surface area contributed by atoms with Gasteiger partial charge < -0.3 is 9.84 Å². The van der Waals surface area contributed by atoms with Crippen LogP contribution in [0, 0.1) is 24.5 Å². The lowest BCUT2D eigenvalue weighted by molar-refractivity contribution is -0.0122. The van der Waals surface area contributed by atoms with Crippen LogP contribution >= 0.6 is 0 Å². The van der Waals surface area contributed by atoms with Crippen molar-refractivity contribution in [3.05, 3.63) is 70.8 Å². The third-order valence-corrected chi connectivity index (χ3v) is 6.20. The number of rotatable bonds is 3. The Hall–Kier alpha value is -1.78. The first-order valence-corrected chi connectivity index (χ1v) is 9.29. The number of aliphatic hydroxyl groups excluding tert-OH is 1. The van der Waals surface area contributed by atoms with Gasteiger partial charge in [-0.3, -0.25) is 0 Å². The summed E-state index contributed by atoms with van der Waals surface area (Å²) >= 11 is 0. The fourth-order valence-electron chi connectivity index (χ4n) is 4.99. The van der Waals surface area contributed by atoms with Gasteiger partial charge in [0.05, 0.1) is 12.2 Å². The van der Waals surface area contributed by atoms with Crippen LogP contribution in [0.15, 0.2) is 42.5 Å². The van der Waals surface area contributed by atoms with E-state index in [0.717, 1.165) is 30.4 Å². The van der Waals surface area contributed by atoms with E-state index < -0.39 is 5.60 Å². The standard InChI is InChI=1S/C22H24F2O2/c1-14-2-7-20(24)19(10-14)17-11-22(26-13-17)9-8-16(12-25)21(22)15-3-5-18(23)6-4-15/h2-7,10,16-17,21,25H,8-9,11-13H2,1H3/t16-,17-,21-,22-/m1/s1. The van der Waals surface area contributed by atoms with Crippen molar-refractivity contribution in [3.63, 3.8) is 0 Å². The monoisotopic (exact) mass is 358 g/mol. The van der Waals surface area contributed by atoms with E-state index >= 15 is 0 Å². The van der Waals surface area contributed by atoms with Crippen LogP contribution in [0.25, 0.3) is 0 Å². The summed E-state index contributed by atoms with van der Waals surface area (Å²) in [7, 11) is 0. The van der Waals surface area contributed by atoms with Crippen LogP contribution in [0.5, 0.6) is 0 Å². The lowest BCUT2D eigenvalue weighted by Gasteiger charge is -2.33. The van der Waals surface area contributed by atoms with Crippen molar-refractivity contribution in [1.82, 2.24) is 0 Å². The molecule has 0 aromatic heterocycles. The maximum Gasteiger partial charge on any atom is 0.126 e. The van der Waals surface area contributed by atoms with Crippen molar-refractivity contribution in [1.29, 1.82) is 0 Å². The molecule has 26 heavy (non-hydrogen) atoms. The van der Waals surface area contributed by atoms with E-state index in [0.29, 0.717) is 12.2 Å². The lowest BCUT2D eigenvalue weighted by atomic mass is 9.76. The highest BCUT2D eigenvalue weighted by Gasteiger charge is 2.54. The summed E-state index contributed by atoms with van der Waals surface area (Å²) in [6, 6.07) is 11.7. The first-order valence-electron chi connectivity index (χ1n) is 9.29. The minimum Gasteiger partial charge on any atom is -0.396 e. The molecule has 0 unspecified atom stereocenters. The molecule has 0 amide bonds. The molecule has 0 bridgehead atoms. The minimum absolute atomic E-state index is 0.00553. The summed E-state index contributed by atoms with van der Waals surface area (Å²) < 4.78 is 34.1. The smallest absolute Gasteiger partial charge is 0.126 e. The Labute approximate surface area is 152 Å². The zero-order valence-electron chi connectivity index (χ0n) is 14.9. The van der Waals surface area contributed by atoms with Crippen LogP contribution in [-0.2, 0) is 4.74 Å². The number of halogens is 2. The maximum absolute atomic E-state index is 14.4. The van der Waals surface area contributed by atoms with Crippen molar-refractivity contribution < 1.29 is 18.6 Å². The molecule has 1 saturated carbocycles. The number of hydrogen-bond donors (Lipinski definition) is 1. The Balaban J connectivity index is 1.66. The summed E-state index contributed by atoms with van der Waals surface area (Å²) in [4.78, 5) is 0. The first kappa shape index (κ1) is 17.6. The zero-order valence-corrected chi connectivity index (χ0v) is 14.9. The highest BCUT2D eigenvalue weighted by molar-refractivity contribution is 5.32. The second-order valence-electron chi connectivity index (χ2n) is 7.81. The van der Waals surface area contributed by atoms with Gasteiger partial charge in [-0.15, -0.1) is 0 Å². The summed E-state index contributed by atoms with van der Waals surface area (Å²) in [5, 5.41) is 9.87. The molecule has 1 saturated heterocycles. The quantitative estimate of drug-likeness (QED) is 0.862. The third-order valence-electron chi connectivity index (χ3n) is 6.20.